The molecule has 2 aromatic carbocycles. The maximum Gasteiger partial charge on any atom is 0.291 e. The van der Waals surface area contributed by atoms with E-state index in [0.29, 0.717) is 12.1 Å². The van der Waals surface area contributed by atoms with Crippen molar-refractivity contribution < 1.29 is 0 Å². The zero-order valence-electron chi connectivity index (χ0n) is 18.1. The van der Waals surface area contributed by atoms with E-state index in [4.69, 9.17) is 4.98 Å². The first kappa shape index (κ1) is 19.2. The summed E-state index contributed by atoms with van der Waals surface area (Å²) in [6.45, 7) is 0.375. The third kappa shape index (κ3) is 2.82. The van der Waals surface area contributed by atoms with Gasteiger partial charge in [-0.1, -0.05) is 18.2 Å². The van der Waals surface area contributed by atoms with E-state index in [1.807, 2.05) is 42.1 Å². The van der Waals surface area contributed by atoms with Gasteiger partial charge in [0, 0.05) is 29.6 Å². The lowest BCUT2D eigenvalue weighted by Crippen LogP contribution is -2.24. The molecule has 0 radical (unpaired) electrons. The number of benzene rings is 2. The van der Waals surface area contributed by atoms with Gasteiger partial charge in [-0.2, -0.15) is 15.3 Å². The van der Waals surface area contributed by atoms with E-state index in [1.165, 1.54) is 10.2 Å². The van der Waals surface area contributed by atoms with Crippen molar-refractivity contribution in [3.8, 4) is 0 Å². The van der Waals surface area contributed by atoms with Gasteiger partial charge in [0.1, 0.15) is 10.5 Å². The third-order valence-electron chi connectivity index (χ3n) is 6.32. The Labute approximate surface area is 195 Å². The summed E-state index contributed by atoms with van der Waals surface area (Å²) in [6.07, 6.45) is 6.12. The molecular formula is C24H18N8OS. The van der Waals surface area contributed by atoms with E-state index in [0.717, 1.165) is 54.5 Å². The van der Waals surface area contributed by atoms with Gasteiger partial charge in [-0.05, 0) is 29.3 Å². The zero-order chi connectivity index (χ0) is 22.8. The van der Waals surface area contributed by atoms with Gasteiger partial charge in [0.25, 0.3) is 5.56 Å². The number of thiazole rings is 1. The van der Waals surface area contributed by atoms with Crippen LogP contribution in [0.25, 0.3) is 43.1 Å². The highest BCUT2D eigenvalue weighted by molar-refractivity contribution is 7.19. The van der Waals surface area contributed by atoms with Crippen LogP contribution < -0.4 is 5.56 Å². The maximum absolute atomic E-state index is 13.4. The molecular weight excluding hydrogens is 448 g/mol. The van der Waals surface area contributed by atoms with Crippen molar-refractivity contribution in [3.63, 3.8) is 0 Å². The quantitative estimate of drug-likeness (QED) is 0.411. The maximum atomic E-state index is 13.4. The molecule has 9 nitrogen and oxygen atoms in total. The lowest BCUT2D eigenvalue weighted by molar-refractivity contribution is 0.647. The van der Waals surface area contributed by atoms with E-state index in [2.05, 4.69) is 37.6 Å². The van der Waals surface area contributed by atoms with E-state index < -0.39 is 0 Å². The number of aryl methyl sites for hydroxylation is 1. The summed E-state index contributed by atoms with van der Waals surface area (Å²) in [7, 11) is 1.90. The van der Waals surface area contributed by atoms with Crippen molar-refractivity contribution in [1.29, 1.82) is 0 Å². The van der Waals surface area contributed by atoms with Gasteiger partial charge >= 0.3 is 0 Å². The number of aromatic nitrogens is 8. The van der Waals surface area contributed by atoms with Crippen LogP contribution in [0.3, 0.4) is 0 Å². The van der Waals surface area contributed by atoms with Gasteiger partial charge in [0.15, 0.2) is 5.65 Å². The fourth-order valence-electron chi connectivity index (χ4n) is 4.63. The minimum Gasteiger partial charge on any atom is -0.323 e. The van der Waals surface area contributed by atoms with Gasteiger partial charge in [0.05, 0.1) is 40.9 Å². The molecule has 0 amide bonds. The summed E-state index contributed by atoms with van der Waals surface area (Å²) in [5, 5.41) is 22.6. The number of nitrogens with zero attached hydrogens (tertiary/aromatic N) is 6. The van der Waals surface area contributed by atoms with Crippen LogP contribution in [0, 0.1) is 0 Å². The summed E-state index contributed by atoms with van der Waals surface area (Å²) in [4.78, 5) is 18.3. The van der Waals surface area contributed by atoms with Crippen LogP contribution in [0.1, 0.15) is 16.1 Å². The Kier molecular flexibility index (Phi) is 4.00. The lowest BCUT2D eigenvalue weighted by atomic mass is 10.1. The molecule has 0 aliphatic carbocycles. The Bertz CT molecular complexity index is 1920. The minimum atomic E-state index is -0.127. The molecule has 0 saturated carbocycles. The summed E-state index contributed by atoms with van der Waals surface area (Å²) in [5.74, 6) is 0. The first-order valence-corrected chi connectivity index (χ1v) is 11.6. The van der Waals surface area contributed by atoms with Gasteiger partial charge in [0.2, 0.25) is 0 Å². The standard InChI is InChI=1S/C24H18N8OS/c1-31-21-17(11-27-32(24(21)33)12-14-3-2-4-19-16(14)10-26-30-19)22-23(31)28-20(34-22)8-13-5-6-18-15(7-13)9-25-29-18/h2-7,9-11H,8,12H2,1H3,(H,25,29)(H,26,30). The molecule has 0 unspecified atom stereocenters. The average Bonchev–Trinajstić information content (AvgIpc) is 3.61. The molecule has 0 aliphatic rings. The molecule has 0 fully saturated rings. The fraction of sp³-hybridized carbons (Fsp3) is 0.125. The Morgan fingerprint density at radius 2 is 1.88 bits per heavy atom. The number of fused-ring (bicyclic) bond motifs is 5. The van der Waals surface area contributed by atoms with Crippen molar-refractivity contribution in [3.05, 3.63) is 81.5 Å². The van der Waals surface area contributed by atoms with Gasteiger partial charge < -0.3 is 4.57 Å². The number of hydrogen-bond acceptors (Lipinski definition) is 6. The number of aromatic amines is 2. The lowest BCUT2D eigenvalue weighted by Gasteiger charge is -2.07. The van der Waals surface area contributed by atoms with Gasteiger partial charge in [-0.15, -0.1) is 11.3 Å². The Balaban J connectivity index is 1.28. The Hall–Kier alpha value is -4.31. The summed E-state index contributed by atoms with van der Waals surface area (Å²) < 4.78 is 4.39. The highest BCUT2D eigenvalue weighted by Gasteiger charge is 2.19. The van der Waals surface area contributed by atoms with Crippen molar-refractivity contribution in [1.82, 2.24) is 39.7 Å². The SMILES string of the molecule is Cn1c2nc(Cc3ccc4[nH]ncc4c3)sc2c2cnn(Cc3cccc4[nH]ncc34)c(=O)c21. The van der Waals surface area contributed by atoms with Crippen molar-refractivity contribution in [2.45, 2.75) is 13.0 Å². The molecule has 2 N–H and O–H groups in total. The van der Waals surface area contributed by atoms with Crippen LogP contribution in [0.2, 0.25) is 0 Å². The molecule has 0 atom stereocenters. The molecule has 7 rings (SSSR count). The van der Waals surface area contributed by atoms with E-state index in [-0.39, 0.29) is 5.56 Å². The molecule has 0 bridgehead atoms. The van der Waals surface area contributed by atoms with Gasteiger partial charge in [-0.3, -0.25) is 15.0 Å². The predicted molar refractivity (Wildman–Crippen MR) is 132 cm³/mol. The van der Waals surface area contributed by atoms with Crippen LogP contribution in [0.15, 0.2) is 59.8 Å². The van der Waals surface area contributed by atoms with Crippen LogP contribution >= 0.6 is 11.3 Å². The molecule has 7 aromatic rings. The molecule has 5 aromatic heterocycles. The highest BCUT2D eigenvalue weighted by Crippen LogP contribution is 2.32. The van der Waals surface area contributed by atoms with Gasteiger partial charge in [-0.25, -0.2) is 9.67 Å². The topological polar surface area (TPSA) is 110 Å². The Morgan fingerprint density at radius 1 is 1.00 bits per heavy atom. The van der Waals surface area contributed by atoms with E-state index in [1.54, 1.807) is 23.7 Å². The van der Waals surface area contributed by atoms with Crippen LogP contribution in [0.5, 0.6) is 0 Å². The van der Waals surface area contributed by atoms with Crippen LogP contribution in [-0.4, -0.2) is 39.7 Å². The first-order chi connectivity index (χ1) is 16.7. The second-order valence-electron chi connectivity index (χ2n) is 8.41. The summed E-state index contributed by atoms with van der Waals surface area (Å²) >= 11 is 1.62. The molecule has 0 spiro atoms. The number of H-pyrrole nitrogens is 2. The van der Waals surface area contributed by atoms with Crippen molar-refractivity contribution in [2.75, 3.05) is 0 Å². The van der Waals surface area contributed by atoms with Crippen molar-refractivity contribution in [2.24, 2.45) is 7.05 Å². The smallest absolute Gasteiger partial charge is 0.291 e. The number of rotatable bonds is 4. The van der Waals surface area contributed by atoms with E-state index >= 15 is 0 Å². The third-order valence-corrected chi connectivity index (χ3v) is 7.40. The molecule has 0 saturated heterocycles. The summed E-state index contributed by atoms with van der Waals surface area (Å²) in [6, 6.07) is 12.2. The molecule has 34 heavy (non-hydrogen) atoms. The predicted octanol–water partition coefficient (Wildman–Crippen LogP) is 3.74. The zero-order valence-corrected chi connectivity index (χ0v) is 18.9. The van der Waals surface area contributed by atoms with Crippen LogP contribution in [0.4, 0.5) is 0 Å². The molecule has 166 valence electrons. The largest absolute Gasteiger partial charge is 0.323 e. The first-order valence-electron chi connectivity index (χ1n) is 10.8. The Morgan fingerprint density at radius 3 is 2.82 bits per heavy atom. The average molecular weight is 467 g/mol. The highest BCUT2D eigenvalue weighted by atomic mass is 32.1. The van der Waals surface area contributed by atoms with E-state index in [9.17, 15) is 4.79 Å². The molecule has 10 heteroatoms. The second-order valence-corrected chi connectivity index (χ2v) is 9.49. The molecule has 0 aliphatic heterocycles. The minimum absolute atomic E-state index is 0.127. The normalized spacial score (nSPS) is 12.0. The molecule has 5 heterocycles. The monoisotopic (exact) mass is 466 g/mol. The fourth-order valence-corrected chi connectivity index (χ4v) is 5.77. The second kappa shape index (κ2) is 7.09. The number of hydrogen-bond donors (Lipinski definition) is 2. The number of nitrogens with one attached hydrogen (secondary N) is 2. The summed E-state index contributed by atoms with van der Waals surface area (Å²) in [5.41, 5.74) is 5.43. The van der Waals surface area contributed by atoms with Crippen molar-refractivity contribution >= 4 is 54.4 Å². The van der Waals surface area contributed by atoms with Crippen LogP contribution in [-0.2, 0) is 20.0 Å².